The highest BCUT2D eigenvalue weighted by Crippen LogP contribution is 2.04. The predicted molar refractivity (Wildman–Crippen MR) is 51.5 cm³/mol. The van der Waals surface area contributed by atoms with Crippen LogP contribution < -0.4 is 0 Å². The Bertz CT molecular complexity index is 385. The van der Waals surface area contributed by atoms with Gasteiger partial charge in [-0.3, -0.25) is 15.1 Å². The van der Waals surface area contributed by atoms with Crippen molar-refractivity contribution in [2.75, 3.05) is 0 Å². The molecule has 0 aromatic carbocycles. The molecule has 1 aromatic heterocycles. The van der Waals surface area contributed by atoms with E-state index in [1.165, 1.54) is 24.5 Å². The summed E-state index contributed by atoms with van der Waals surface area (Å²) in [5, 5.41) is 9.97. The number of nitro groups is 1. The molecule has 0 N–H and O–H groups in total. The number of halogens is 2. The van der Waals surface area contributed by atoms with Crippen LogP contribution >= 0.6 is 21.4 Å². The van der Waals surface area contributed by atoms with E-state index < -0.39 is 13.2 Å². The third-order valence-corrected chi connectivity index (χ3v) is 0.857. The van der Waals surface area contributed by atoms with Crippen LogP contribution in [-0.4, -0.2) is 18.3 Å². The minimum atomic E-state index is -3.72. The van der Waals surface area contributed by atoms with Gasteiger partial charge in [0.1, 0.15) is 6.20 Å². The highest BCUT2D eigenvalue weighted by molar-refractivity contribution is 8.31. The summed E-state index contributed by atoms with van der Waals surface area (Å²) in [5.41, 5.74) is 0.0255. The molecule has 78 valence electrons. The zero-order valence-corrected chi connectivity index (χ0v) is 8.83. The number of nitrogens with zero attached hydrogens (tertiary/aromatic N) is 2. The first-order valence-corrected chi connectivity index (χ1v) is 6.13. The molecule has 0 radical (unpaired) electrons. The van der Waals surface area contributed by atoms with Gasteiger partial charge in [-0.15, -0.1) is 0 Å². The maximum absolute atomic E-state index is 9.97. The molecule has 1 heterocycles. The second-order valence-corrected chi connectivity index (χ2v) is 5.51. The highest BCUT2D eigenvalue weighted by Gasteiger charge is 1.99. The van der Waals surface area contributed by atoms with E-state index in [2.05, 4.69) is 26.3 Å². The third-order valence-electron chi connectivity index (χ3n) is 0.857. The smallest absolute Gasteiger partial charge is 0.258 e. The molecule has 0 amide bonds. The van der Waals surface area contributed by atoms with Crippen molar-refractivity contribution in [3.8, 4) is 0 Å². The first-order valence-electron chi connectivity index (χ1n) is 2.99. The number of pyridine rings is 1. The van der Waals surface area contributed by atoms with Crippen LogP contribution in [0.2, 0.25) is 0 Å². The molecule has 14 heavy (non-hydrogen) atoms. The summed E-state index contributed by atoms with van der Waals surface area (Å²) in [6.45, 7) is 0. The fraction of sp³-hybridized carbons (Fsp3) is 0. The van der Waals surface area contributed by atoms with Crippen molar-refractivity contribution < 1.29 is 13.3 Å². The van der Waals surface area contributed by atoms with E-state index in [1.54, 1.807) is 0 Å². The van der Waals surface area contributed by atoms with Gasteiger partial charge in [0.15, 0.2) is 0 Å². The molecule has 9 heteroatoms. The molecule has 0 unspecified atom stereocenters. The molecule has 0 aliphatic rings. The zero-order chi connectivity index (χ0) is 11.2. The summed E-state index contributed by atoms with van der Waals surface area (Å²) in [5.74, 6) is 0. The lowest BCUT2D eigenvalue weighted by molar-refractivity contribution is -0.385. The van der Waals surface area contributed by atoms with Crippen LogP contribution in [0.4, 0.5) is 5.69 Å². The molecule has 0 aliphatic heterocycles. The van der Waals surface area contributed by atoms with Gasteiger partial charge in [0.25, 0.3) is 5.69 Å². The summed E-state index contributed by atoms with van der Waals surface area (Å²) in [6, 6.07) is 2.92. The molecule has 1 aromatic rings. The van der Waals surface area contributed by atoms with Gasteiger partial charge in [-0.05, 0) is 6.07 Å². The van der Waals surface area contributed by atoms with E-state index in [0.717, 1.165) is 0 Å². The van der Waals surface area contributed by atoms with Crippen LogP contribution in [0, 0.1) is 10.1 Å². The third kappa shape index (κ3) is 9.17. The maximum atomic E-state index is 9.97. The van der Waals surface area contributed by atoms with Crippen LogP contribution in [-0.2, 0) is 8.26 Å². The van der Waals surface area contributed by atoms with Crippen LogP contribution in [0.5, 0.6) is 0 Å². The fourth-order valence-corrected chi connectivity index (χ4v) is 0.462. The lowest BCUT2D eigenvalue weighted by atomic mass is 10.4. The van der Waals surface area contributed by atoms with E-state index in [4.69, 9.17) is 8.42 Å². The van der Waals surface area contributed by atoms with Gasteiger partial charge in [0, 0.05) is 33.6 Å². The summed E-state index contributed by atoms with van der Waals surface area (Å²) in [7, 11) is 4.81. The Hall–Kier alpha value is -0.920. The normalized spacial score (nSPS) is 9.86. The number of hydrogen-bond acceptors (Lipinski definition) is 5. The minimum Gasteiger partial charge on any atom is -0.258 e. The molecule has 0 bridgehead atoms. The number of hydrogen-bond donors (Lipinski definition) is 0. The summed E-state index contributed by atoms with van der Waals surface area (Å²) >= 11 is 0. The molecular weight excluding hydrogens is 255 g/mol. The average Bonchev–Trinajstić information content (AvgIpc) is 2.03. The van der Waals surface area contributed by atoms with Gasteiger partial charge in [-0.1, -0.05) is 0 Å². The highest BCUT2D eigenvalue weighted by atomic mass is 36.0. The van der Waals surface area contributed by atoms with Gasteiger partial charge < -0.3 is 0 Å². The lowest BCUT2D eigenvalue weighted by Crippen LogP contribution is -1.86. The largest absolute Gasteiger partial charge is 0.317 e. The SMILES string of the molecule is O=S(=O)(Cl)Cl.O=[N+]([O-])c1cccnc1. The van der Waals surface area contributed by atoms with Crippen LogP contribution in [0.1, 0.15) is 0 Å². The van der Waals surface area contributed by atoms with Crippen molar-refractivity contribution in [1.29, 1.82) is 0 Å². The quantitative estimate of drug-likeness (QED) is 0.435. The zero-order valence-electron chi connectivity index (χ0n) is 6.50. The Morgan fingerprint density at radius 2 is 1.93 bits per heavy atom. The van der Waals surface area contributed by atoms with E-state index in [1.807, 2.05) is 0 Å². The molecule has 0 aliphatic carbocycles. The second kappa shape index (κ2) is 5.74. The van der Waals surface area contributed by atoms with Crippen LogP contribution in [0.15, 0.2) is 24.5 Å². The van der Waals surface area contributed by atoms with E-state index in [9.17, 15) is 10.1 Å². The standard InChI is InChI=1S/C5H4N2O2.Cl2O2S/c8-7(9)5-2-1-3-6-4-5;1-5(2,3)4/h1-4H;. The molecule has 6 nitrogen and oxygen atoms in total. The first-order chi connectivity index (χ1) is 6.30. The Labute approximate surface area is 88.5 Å². The summed E-state index contributed by atoms with van der Waals surface area (Å²) in [4.78, 5) is 13.1. The van der Waals surface area contributed by atoms with Gasteiger partial charge in [0.05, 0.1) is 4.92 Å². The minimum absolute atomic E-state index is 0.0255. The lowest BCUT2D eigenvalue weighted by Gasteiger charge is -1.84. The second-order valence-electron chi connectivity index (χ2n) is 1.85. The number of aromatic nitrogens is 1. The van der Waals surface area contributed by atoms with Crippen molar-refractivity contribution in [2.45, 2.75) is 0 Å². The molecule has 0 fully saturated rings. The van der Waals surface area contributed by atoms with Crippen molar-refractivity contribution >= 4 is 35.3 Å². The van der Waals surface area contributed by atoms with Crippen LogP contribution in [0.25, 0.3) is 0 Å². The average molecular weight is 259 g/mol. The van der Waals surface area contributed by atoms with Crippen molar-refractivity contribution in [3.05, 3.63) is 34.6 Å². The van der Waals surface area contributed by atoms with E-state index in [-0.39, 0.29) is 5.69 Å². The van der Waals surface area contributed by atoms with Crippen LogP contribution in [0.3, 0.4) is 0 Å². The first kappa shape index (κ1) is 13.1. The van der Waals surface area contributed by atoms with Gasteiger partial charge in [-0.25, -0.2) is 0 Å². The van der Waals surface area contributed by atoms with Gasteiger partial charge >= 0.3 is 8.26 Å². The number of rotatable bonds is 1. The molecule has 0 atom stereocenters. The maximum Gasteiger partial charge on any atom is 0.317 e. The predicted octanol–water partition coefficient (Wildman–Crippen LogP) is 1.70. The molecule has 0 saturated carbocycles. The molecule has 1 rings (SSSR count). The Morgan fingerprint density at radius 1 is 1.43 bits per heavy atom. The summed E-state index contributed by atoms with van der Waals surface area (Å²) in [6.07, 6.45) is 2.70. The van der Waals surface area contributed by atoms with Crippen molar-refractivity contribution in [1.82, 2.24) is 4.98 Å². The Kier molecular flexibility index (Phi) is 5.36. The topological polar surface area (TPSA) is 90.2 Å². The Balaban J connectivity index is 0.000000292. The van der Waals surface area contributed by atoms with Crippen molar-refractivity contribution in [3.63, 3.8) is 0 Å². The van der Waals surface area contributed by atoms with E-state index in [0.29, 0.717) is 0 Å². The van der Waals surface area contributed by atoms with Crippen molar-refractivity contribution in [2.24, 2.45) is 0 Å². The molecule has 0 saturated heterocycles. The molecular formula is C5H4Cl2N2O4S. The van der Waals surface area contributed by atoms with Gasteiger partial charge in [0.2, 0.25) is 0 Å². The fourth-order valence-electron chi connectivity index (χ4n) is 0.462. The Morgan fingerprint density at radius 3 is 2.14 bits per heavy atom. The van der Waals surface area contributed by atoms with E-state index >= 15 is 0 Å². The monoisotopic (exact) mass is 258 g/mol. The molecule has 0 spiro atoms. The van der Waals surface area contributed by atoms with Gasteiger partial charge in [-0.2, -0.15) is 8.42 Å². The summed E-state index contributed by atoms with van der Waals surface area (Å²) < 4.78 is 18.3.